The van der Waals surface area contributed by atoms with Gasteiger partial charge in [0.25, 0.3) is 0 Å². The molecule has 0 radical (unpaired) electrons. The second kappa shape index (κ2) is 9.32. The second-order valence-electron chi connectivity index (χ2n) is 8.39. The number of likely N-dealkylation sites (tertiary alicyclic amines) is 1. The largest absolute Gasteiger partial charge is 0.471 e. The molecule has 2 fully saturated rings. The first-order chi connectivity index (χ1) is 15.0. The Hall–Kier alpha value is -3.16. The highest BCUT2D eigenvalue weighted by Crippen LogP contribution is 2.24. The van der Waals surface area contributed by atoms with Crippen LogP contribution in [0, 0.1) is 0 Å². The Kier molecular flexibility index (Phi) is 6.34. The molecule has 2 saturated heterocycles. The van der Waals surface area contributed by atoms with Gasteiger partial charge in [0.15, 0.2) is 0 Å². The Morgan fingerprint density at radius 3 is 2.68 bits per heavy atom. The van der Waals surface area contributed by atoms with E-state index in [1.807, 2.05) is 12.1 Å². The molecule has 3 amide bonds. The predicted molar refractivity (Wildman–Crippen MR) is 117 cm³/mol. The van der Waals surface area contributed by atoms with Crippen molar-refractivity contribution in [1.82, 2.24) is 20.0 Å². The molecule has 1 atom stereocenters. The van der Waals surface area contributed by atoms with Crippen LogP contribution in [0.4, 0.5) is 10.5 Å². The average molecular weight is 424 g/mol. The SMILES string of the molecule is CC(C)c1ccc(N2CCN(CC(=O)N3CCCC(Oc4cccnn4)C3)C2=O)cc1. The van der Waals surface area contributed by atoms with Crippen molar-refractivity contribution >= 4 is 17.6 Å². The van der Waals surface area contributed by atoms with Crippen LogP contribution in [0.25, 0.3) is 0 Å². The lowest BCUT2D eigenvalue weighted by atomic mass is 10.0. The van der Waals surface area contributed by atoms with Gasteiger partial charge in [0.1, 0.15) is 12.6 Å². The van der Waals surface area contributed by atoms with Crippen LogP contribution in [-0.4, -0.2) is 70.8 Å². The van der Waals surface area contributed by atoms with Crippen LogP contribution in [0.5, 0.6) is 5.88 Å². The van der Waals surface area contributed by atoms with E-state index in [9.17, 15) is 9.59 Å². The summed E-state index contributed by atoms with van der Waals surface area (Å²) in [6.07, 6.45) is 3.21. The Labute approximate surface area is 182 Å². The van der Waals surface area contributed by atoms with Gasteiger partial charge in [-0.3, -0.25) is 9.69 Å². The molecule has 2 aliphatic heterocycles. The highest BCUT2D eigenvalue weighted by atomic mass is 16.5. The number of benzene rings is 1. The minimum Gasteiger partial charge on any atom is -0.471 e. The van der Waals surface area contributed by atoms with Crippen LogP contribution in [0.15, 0.2) is 42.6 Å². The lowest BCUT2D eigenvalue weighted by molar-refractivity contribution is -0.134. The molecule has 0 saturated carbocycles. The van der Waals surface area contributed by atoms with Gasteiger partial charge < -0.3 is 14.5 Å². The number of piperidine rings is 1. The molecule has 0 bridgehead atoms. The number of aromatic nitrogens is 2. The first-order valence-corrected chi connectivity index (χ1v) is 10.9. The van der Waals surface area contributed by atoms with E-state index in [-0.39, 0.29) is 24.6 Å². The van der Waals surface area contributed by atoms with Crippen molar-refractivity contribution in [1.29, 1.82) is 0 Å². The maximum absolute atomic E-state index is 12.9. The summed E-state index contributed by atoms with van der Waals surface area (Å²) in [6, 6.07) is 11.5. The van der Waals surface area contributed by atoms with Crippen molar-refractivity contribution in [3.63, 3.8) is 0 Å². The van der Waals surface area contributed by atoms with Crippen molar-refractivity contribution in [3.05, 3.63) is 48.2 Å². The van der Waals surface area contributed by atoms with E-state index >= 15 is 0 Å². The molecule has 1 aromatic heterocycles. The van der Waals surface area contributed by atoms with Crippen LogP contribution < -0.4 is 9.64 Å². The number of rotatable bonds is 6. The van der Waals surface area contributed by atoms with Crippen LogP contribution >= 0.6 is 0 Å². The van der Waals surface area contributed by atoms with Gasteiger partial charge in [0, 0.05) is 37.6 Å². The summed E-state index contributed by atoms with van der Waals surface area (Å²) in [5, 5.41) is 7.78. The summed E-state index contributed by atoms with van der Waals surface area (Å²) >= 11 is 0. The van der Waals surface area contributed by atoms with Crippen molar-refractivity contribution in [2.45, 2.75) is 38.7 Å². The predicted octanol–water partition coefficient (Wildman–Crippen LogP) is 2.91. The lowest BCUT2D eigenvalue weighted by Crippen LogP contribution is -2.48. The van der Waals surface area contributed by atoms with Crippen LogP contribution in [0.3, 0.4) is 0 Å². The molecule has 0 spiro atoms. The molecule has 1 unspecified atom stereocenters. The zero-order chi connectivity index (χ0) is 21.8. The molecule has 0 N–H and O–H groups in total. The standard InChI is InChI=1S/C23H29N5O3/c1-17(2)18-7-9-19(10-8-18)28-14-13-27(23(28)30)16-22(29)26-12-4-5-20(15-26)31-21-6-3-11-24-25-21/h3,6-11,17,20H,4-5,12-16H2,1-2H3. The maximum atomic E-state index is 12.9. The van der Waals surface area contributed by atoms with Gasteiger partial charge in [0.05, 0.1) is 6.54 Å². The van der Waals surface area contributed by atoms with E-state index in [1.165, 1.54) is 5.56 Å². The molecule has 4 rings (SSSR count). The van der Waals surface area contributed by atoms with Crippen LogP contribution in [0.1, 0.15) is 38.2 Å². The Balaban J connectivity index is 1.32. The monoisotopic (exact) mass is 423 g/mol. The first-order valence-electron chi connectivity index (χ1n) is 10.9. The number of urea groups is 1. The number of carbonyl (C=O) groups is 2. The van der Waals surface area contributed by atoms with E-state index in [0.717, 1.165) is 18.5 Å². The summed E-state index contributed by atoms with van der Waals surface area (Å²) in [6.45, 7) is 6.70. The van der Waals surface area contributed by atoms with E-state index < -0.39 is 0 Å². The third-order valence-corrected chi connectivity index (χ3v) is 5.86. The van der Waals surface area contributed by atoms with E-state index in [1.54, 1.807) is 33.0 Å². The summed E-state index contributed by atoms with van der Waals surface area (Å²) in [7, 11) is 0. The van der Waals surface area contributed by atoms with Gasteiger partial charge in [-0.15, -0.1) is 5.10 Å². The molecule has 164 valence electrons. The molecule has 1 aromatic carbocycles. The number of hydrogen-bond acceptors (Lipinski definition) is 5. The van der Waals surface area contributed by atoms with Gasteiger partial charge in [-0.1, -0.05) is 26.0 Å². The number of ether oxygens (including phenoxy) is 1. The van der Waals surface area contributed by atoms with Crippen molar-refractivity contribution in [2.75, 3.05) is 37.6 Å². The molecule has 2 aromatic rings. The number of hydrogen-bond donors (Lipinski definition) is 0. The van der Waals surface area contributed by atoms with Gasteiger partial charge >= 0.3 is 6.03 Å². The third-order valence-electron chi connectivity index (χ3n) is 5.86. The number of anilines is 1. The summed E-state index contributed by atoms with van der Waals surface area (Å²) in [4.78, 5) is 30.9. The molecule has 3 heterocycles. The van der Waals surface area contributed by atoms with Gasteiger partial charge in [-0.05, 0) is 42.5 Å². The number of amides is 3. The Morgan fingerprint density at radius 1 is 1.16 bits per heavy atom. The Morgan fingerprint density at radius 2 is 1.97 bits per heavy atom. The first kappa shape index (κ1) is 21.1. The van der Waals surface area contributed by atoms with E-state index in [2.05, 4.69) is 36.2 Å². The fourth-order valence-corrected chi connectivity index (χ4v) is 4.05. The van der Waals surface area contributed by atoms with Crippen LogP contribution in [-0.2, 0) is 4.79 Å². The highest BCUT2D eigenvalue weighted by molar-refractivity contribution is 5.96. The molecule has 31 heavy (non-hydrogen) atoms. The topological polar surface area (TPSA) is 78.9 Å². The zero-order valence-corrected chi connectivity index (χ0v) is 18.1. The van der Waals surface area contributed by atoms with Crippen molar-refractivity contribution < 1.29 is 14.3 Å². The normalized spacial score (nSPS) is 19.3. The lowest BCUT2D eigenvalue weighted by Gasteiger charge is -2.33. The third kappa shape index (κ3) is 4.95. The van der Waals surface area contributed by atoms with Crippen LogP contribution in [0.2, 0.25) is 0 Å². The molecule has 8 heteroatoms. The van der Waals surface area contributed by atoms with Gasteiger partial charge in [0.2, 0.25) is 11.8 Å². The van der Waals surface area contributed by atoms with E-state index in [0.29, 0.717) is 38.0 Å². The minimum atomic E-state index is -0.116. The van der Waals surface area contributed by atoms with Gasteiger partial charge in [-0.2, -0.15) is 5.10 Å². The minimum absolute atomic E-state index is 0.0437. The summed E-state index contributed by atoms with van der Waals surface area (Å²) in [5.74, 6) is 0.872. The smallest absolute Gasteiger partial charge is 0.325 e. The highest BCUT2D eigenvalue weighted by Gasteiger charge is 2.33. The number of nitrogens with zero attached hydrogens (tertiary/aromatic N) is 5. The van der Waals surface area contributed by atoms with Crippen molar-refractivity contribution in [3.8, 4) is 5.88 Å². The second-order valence-corrected chi connectivity index (χ2v) is 8.39. The molecule has 0 aliphatic carbocycles. The quantitative estimate of drug-likeness (QED) is 0.714. The molecular formula is C23H29N5O3. The molecule has 2 aliphatic rings. The average Bonchev–Trinajstić information content (AvgIpc) is 3.14. The Bertz CT molecular complexity index is 903. The van der Waals surface area contributed by atoms with E-state index in [4.69, 9.17) is 4.74 Å². The molecular weight excluding hydrogens is 394 g/mol. The summed E-state index contributed by atoms with van der Waals surface area (Å²) in [5.41, 5.74) is 2.12. The molecule has 8 nitrogen and oxygen atoms in total. The van der Waals surface area contributed by atoms with Crippen molar-refractivity contribution in [2.24, 2.45) is 0 Å². The summed E-state index contributed by atoms with van der Waals surface area (Å²) < 4.78 is 5.87. The number of carbonyl (C=O) groups excluding carboxylic acids is 2. The fourth-order valence-electron chi connectivity index (χ4n) is 4.05. The fraction of sp³-hybridized carbons (Fsp3) is 0.478. The zero-order valence-electron chi connectivity index (χ0n) is 18.1. The maximum Gasteiger partial charge on any atom is 0.325 e. The van der Waals surface area contributed by atoms with Gasteiger partial charge in [-0.25, -0.2) is 4.79 Å².